The largest absolute Gasteiger partial charge is 0.380 e. The lowest BCUT2D eigenvalue weighted by Gasteiger charge is -2.27. The second-order valence-corrected chi connectivity index (χ2v) is 4.88. The van der Waals surface area contributed by atoms with Gasteiger partial charge in [-0.3, -0.25) is 0 Å². The SMILES string of the molecule is CC(C)(Nc1ccnc(Cl)c1)C1CC1. The molecule has 1 aliphatic carbocycles. The van der Waals surface area contributed by atoms with Gasteiger partial charge in [-0.1, -0.05) is 11.6 Å². The van der Waals surface area contributed by atoms with Crippen LogP contribution in [0.1, 0.15) is 26.7 Å². The van der Waals surface area contributed by atoms with E-state index in [0.717, 1.165) is 11.6 Å². The maximum Gasteiger partial charge on any atom is 0.131 e. The Kier molecular flexibility index (Phi) is 2.40. The van der Waals surface area contributed by atoms with Crippen molar-refractivity contribution in [2.75, 3.05) is 5.32 Å². The average Bonchev–Trinajstić information content (AvgIpc) is 2.84. The van der Waals surface area contributed by atoms with E-state index in [4.69, 9.17) is 11.6 Å². The minimum Gasteiger partial charge on any atom is -0.380 e. The summed E-state index contributed by atoms with van der Waals surface area (Å²) in [5.74, 6) is 0.800. The molecule has 1 N–H and O–H groups in total. The normalized spacial score (nSPS) is 16.8. The molecule has 76 valence electrons. The van der Waals surface area contributed by atoms with Crippen LogP contribution in [0.3, 0.4) is 0 Å². The quantitative estimate of drug-likeness (QED) is 0.775. The van der Waals surface area contributed by atoms with Crippen LogP contribution in [-0.2, 0) is 0 Å². The number of aromatic nitrogens is 1. The molecule has 1 heterocycles. The number of hydrogen-bond donors (Lipinski definition) is 1. The minimum absolute atomic E-state index is 0.171. The summed E-state index contributed by atoms with van der Waals surface area (Å²) in [4.78, 5) is 3.96. The molecule has 2 rings (SSSR count). The lowest BCUT2D eigenvalue weighted by Crippen LogP contribution is -2.33. The Morgan fingerprint density at radius 2 is 2.21 bits per heavy atom. The summed E-state index contributed by atoms with van der Waals surface area (Å²) >= 11 is 5.82. The first-order valence-corrected chi connectivity index (χ1v) is 5.35. The average molecular weight is 211 g/mol. The molecule has 0 radical (unpaired) electrons. The highest BCUT2D eigenvalue weighted by atomic mass is 35.5. The fourth-order valence-electron chi connectivity index (χ4n) is 1.76. The van der Waals surface area contributed by atoms with Crippen LogP contribution < -0.4 is 5.32 Å². The first kappa shape index (κ1) is 9.78. The summed E-state index contributed by atoms with van der Waals surface area (Å²) in [5.41, 5.74) is 1.23. The summed E-state index contributed by atoms with van der Waals surface area (Å²) < 4.78 is 0. The van der Waals surface area contributed by atoms with Crippen LogP contribution in [0.4, 0.5) is 5.69 Å². The summed E-state index contributed by atoms with van der Waals surface area (Å²) in [6.45, 7) is 4.47. The Labute approximate surface area is 89.7 Å². The summed E-state index contributed by atoms with van der Waals surface area (Å²) in [6.07, 6.45) is 4.39. The van der Waals surface area contributed by atoms with E-state index in [1.54, 1.807) is 6.20 Å². The highest BCUT2D eigenvalue weighted by molar-refractivity contribution is 6.29. The third-order valence-corrected chi connectivity index (χ3v) is 3.00. The summed E-state index contributed by atoms with van der Waals surface area (Å²) in [5, 5.41) is 4.04. The topological polar surface area (TPSA) is 24.9 Å². The van der Waals surface area contributed by atoms with E-state index < -0.39 is 0 Å². The number of nitrogens with one attached hydrogen (secondary N) is 1. The molecule has 0 amide bonds. The van der Waals surface area contributed by atoms with E-state index in [1.165, 1.54) is 12.8 Å². The van der Waals surface area contributed by atoms with Gasteiger partial charge in [-0.15, -0.1) is 0 Å². The van der Waals surface area contributed by atoms with Crippen molar-refractivity contribution in [3.05, 3.63) is 23.5 Å². The Bertz CT molecular complexity index is 332. The van der Waals surface area contributed by atoms with Gasteiger partial charge in [-0.2, -0.15) is 0 Å². The number of hydrogen-bond acceptors (Lipinski definition) is 2. The molecule has 0 aliphatic heterocycles. The molecular formula is C11H15ClN2. The van der Waals surface area contributed by atoms with Crippen molar-refractivity contribution >= 4 is 17.3 Å². The lowest BCUT2D eigenvalue weighted by atomic mass is 9.98. The number of halogens is 1. The van der Waals surface area contributed by atoms with E-state index in [0.29, 0.717) is 5.15 Å². The van der Waals surface area contributed by atoms with Crippen LogP contribution in [0.15, 0.2) is 18.3 Å². The summed E-state index contributed by atoms with van der Waals surface area (Å²) in [7, 11) is 0. The van der Waals surface area contributed by atoms with Gasteiger partial charge in [0.25, 0.3) is 0 Å². The van der Waals surface area contributed by atoms with E-state index in [9.17, 15) is 0 Å². The van der Waals surface area contributed by atoms with Crippen LogP contribution in [0.2, 0.25) is 5.15 Å². The molecule has 1 aromatic heterocycles. The Morgan fingerprint density at radius 3 is 2.79 bits per heavy atom. The number of anilines is 1. The van der Waals surface area contributed by atoms with Crippen molar-refractivity contribution in [2.24, 2.45) is 5.92 Å². The molecule has 1 aliphatic rings. The van der Waals surface area contributed by atoms with Crippen molar-refractivity contribution in [1.82, 2.24) is 4.98 Å². The van der Waals surface area contributed by atoms with Gasteiger partial charge in [0.1, 0.15) is 5.15 Å². The van der Waals surface area contributed by atoms with Crippen molar-refractivity contribution in [3.8, 4) is 0 Å². The van der Waals surface area contributed by atoms with Gasteiger partial charge in [0, 0.05) is 17.4 Å². The zero-order chi connectivity index (χ0) is 10.2. The van der Waals surface area contributed by atoms with Crippen LogP contribution in [0, 0.1) is 5.92 Å². The zero-order valence-corrected chi connectivity index (χ0v) is 9.30. The fraction of sp³-hybridized carbons (Fsp3) is 0.545. The molecule has 0 atom stereocenters. The van der Waals surface area contributed by atoms with Crippen molar-refractivity contribution < 1.29 is 0 Å². The predicted molar refractivity (Wildman–Crippen MR) is 59.7 cm³/mol. The van der Waals surface area contributed by atoms with Gasteiger partial charge in [-0.05, 0) is 44.7 Å². The van der Waals surface area contributed by atoms with Crippen LogP contribution >= 0.6 is 11.6 Å². The van der Waals surface area contributed by atoms with Gasteiger partial charge in [0.05, 0.1) is 0 Å². The molecule has 2 nitrogen and oxygen atoms in total. The molecule has 14 heavy (non-hydrogen) atoms. The molecule has 1 fully saturated rings. The zero-order valence-electron chi connectivity index (χ0n) is 8.55. The van der Waals surface area contributed by atoms with E-state index >= 15 is 0 Å². The Hall–Kier alpha value is -0.760. The van der Waals surface area contributed by atoms with Crippen LogP contribution in [0.25, 0.3) is 0 Å². The van der Waals surface area contributed by atoms with E-state index in [-0.39, 0.29) is 5.54 Å². The van der Waals surface area contributed by atoms with Gasteiger partial charge < -0.3 is 5.32 Å². The number of pyridine rings is 1. The maximum absolute atomic E-state index is 5.82. The third-order valence-electron chi connectivity index (χ3n) is 2.79. The summed E-state index contributed by atoms with van der Waals surface area (Å²) in [6, 6.07) is 3.82. The fourth-order valence-corrected chi connectivity index (χ4v) is 1.93. The Balaban J connectivity index is 2.09. The van der Waals surface area contributed by atoms with E-state index in [1.807, 2.05) is 12.1 Å². The lowest BCUT2D eigenvalue weighted by molar-refractivity contribution is 0.494. The van der Waals surface area contributed by atoms with Gasteiger partial charge >= 0.3 is 0 Å². The molecule has 0 unspecified atom stereocenters. The highest BCUT2D eigenvalue weighted by Crippen LogP contribution is 2.41. The van der Waals surface area contributed by atoms with Crippen molar-refractivity contribution in [2.45, 2.75) is 32.2 Å². The smallest absolute Gasteiger partial charge is 0.131 e. The molecule has 0 aromatic carbocycles. The number of nitrogens with zero attached hydrogens (tertiary/aromatic N) is 1. The molecule has 0 bridgehead atoms. The number of rotatable bonds is 3. The molecule has 3 heteroatoms. The van der Waals surface area contributed by atoms with Crippen molar-refractivity contribution in [3.63, 3.8) is 0 Å². The molecular weight excluding hydrogens is 196 g/mol. The monoisotopic (exact) mass is 210 g/mol. The third kappa shape index (κ3) is 2.18. The van der Waals surface area contributed by atoms with Crippen molar-refractivity contribution in [1.29, 1.82) is 0 Å². The second kappa shape index (κ2) is 3.43. The second-order valence-electron chi connectivity index (χ2n) is 4.49. The molecule has 1 saturated carbocycles. The predicted octanol–water partition coefficient (Wildman–Crippen LogP) is 3.34. The van der Waals surface area contributed by atoms with Gasteiger partial charge in [-0.25, -0.2) is 4.98 Å². The maximum atomic E-state index is 5.82. The minimum atomic E-state index is 0.171. The van der Waals surface area contributed by atoms with Gasteiger partial charge in [0.15, 0.2) is 0 Å². The van der Waals surface area contributed by atoms with E-state index in [2.05, 4.69) is 24.1 Å². The first-order chi connectivity index (χ1) is 6.58. The first-order valence-electron chi connectivity index (χ1n) is 4.98. The molecule has 0 spiro atoms. The van der Waals surface area contributed by atoms with Gasteiger partial charge in [0.2, 0.25) is 0 Å². The molecule has 1 aromatic rings. The van der Waals surface area contributed by atoms with Crippen LogP contribution in [-0.4, -0.2) is 10.5 Å². The highest BCUT2D eigenvalue weighted by Gasteiger charge is 2.37. The standard InChI is InChI=1S/C11H15ClN2/c1-11(2,8-3-4-8)14-9-5-6-13-10(12)7-9/h5-8H,3-4H2,1-2H3,(H,13,14). The molecule has 0 saturated heterocycles. The Morgan fingerprint density at radius 1 is 1.50 bits per heavy atom. The van der Waals surface area contributed by atoms with Crippen LogP contribution in [0.5, 0.6) is 0 Å².